The van der Waals surface area contributed by atoms with Gasteiger partial charge in [-0.2, -0.15) is 5.10 Å². The van der Waals surface area contributed by atoms with Crippen molar-refractivity contribution in [1.82, 2.24) is 9.78 Å². The predicted molar refractivity (Wildman–Crippen MR) is 105 cm³/mol. The zero-order valence-corrected chi connectivity index (χ0v) is 15.9. The van der Waals surface area contributed by atoms with Crippen molar-refractivity contribution in [3.8, 4) is 11.4 Å². The molecule has 1 unspecified atom stereocenters. The molecule has 6 nitrogen and oxygen atoms in total. The Hall–Kier alpha value is -2.93. The van der Waals surface area contributed by atoms with E-state index in [2.05, 4.69) is 10.4 Å². The summed E-state index contributed by atoms with van der Waals surface area (Å²) in [6.45, 7) is 2.02. The van der Waals surface area contributed by atoms with Crippen LogP contribution in [0.2, 0.25) is 0 Å². The normalized spacial score (nSPS) is 15.4. The highest BCUT2D eigenvalue weighted by molar-refractivity contribution is 7.83. The summed E-state index contributed by atoms with van der Waals surface area (Å²) in [6.07, 6.45) is 0. The van der Waals surface area contributed by atoms with Crippen LogP contribution in [-0.4, -0.2) is 27.0 Å². The van der Waals surface area contributed by atoms with Crippen LogP contribution in [0.25, 0.3) is 5.69 Å². The van der Waals surface area contributed by atoms with Crippen LogP contribution >= 0.6 is 0 Å². The Bertz CT molecular complexity index is 1020. The molecule has 0 spiro atoms. The maximum absolute atomic E-state index is 12.8. The maximum Gasteiger partial charge on any atom is 0.256 e. The summed E-state index contributed by atoms with van der Waals surface area (Å²) in [5.74, 6) is 1.85. The Kier molecular flexibility index (Phi) is 4.53. The number of carbonyl (C=O) groups excluding carboxylic acids is 1. The van der Waals surface area contributed by atoms with E-state index >= 15 is 0 Å². The third-order valence-electron chi connectivity index (χ3n) is 4.53. The van der Waals surface area contributed by atoms with Crippen LogP contribution in [0, 0.1) is 6.92 Å². The summed E-state index contributed by atoms with van der Waals surface area (Å²) in [6, 6.07) is 14.8. The van der Waals surface area contributed by atoms with E-state index in [1.165, 1.54) is 0 Å². The molecule has 1 aromatic heterocycles. The fraction of sp³-hybridized carbons (Fsp3) is 0.200. The Balaban J connectivity index is 1.71. The number of aromatic nitrogens is 2. The number of methoxy groups -OCH3 is 1. The Labute approximate surface area is 159 Å². The molecule has 4 rings (SSSR count). The van der Waals surface area contributed by atoms with Gasteiger partial charge in [-0.15, -0.1) is 0 Å². The highest BCUT2D eigenvalue weighted by Crippen LogP contribution is 2.31. The molecule has 3 aromatic rings. The van der Waals surface area contributed by atoms with Crippen molar-refractivity contribution in [3.63, 3.8) is 0 Å². The van der Waals surface area contributed by atoms with Crippen LogP contribution < -0.4 is 10.1 Å². The monoisotopic (exact) mass is 381 g/mol. The number of carbonyl (C=O) groups is 1. The largest absolute Gasteiger partial charge is 0.497 e. The number of benzene rings is 2. The SMILES string of the molecule is COc1ccc(C(=O)Nc2c3c(nn2-c2ccc(C)cc2)CS(=O)C3)cc1. The van der Waals surface area contributed by atoms with Crippen LogP contribution in [0.15, 0.2) is 48.5 Å². The lowest BCUT2D eigenvalue weighted by Gasteiger charge is -2.11. The Morgan fingerprint density at radius 3 is 2.48 bits per heavy atom. The van der Waals surface area contributed by atoms with Gasteiger partial charge in [-0.25, -0.2) is 4.68 Å². The molecule has 7 heteroatoms. The van der Waals surface area contributed by atoms with Crippen molar-refractivity contribution in [2.45, 2.75) is 18.4 Å². The number of hydrogen-bond donors (Lipinski definition) is 1. The number of nitrogens with zero attached hydrogens (tertiary/aromatic N) is 2. The topological polar surface area (TPSA) is 73.2 Å². The summed E-state index contributed by atoms with van der Waals surface area (Å²) < 4.78 is 18.8. The highest BCUT2D eigenvalue weighted by Gasteiger charge is 2.28. The first kappa shape index (κ1) is 17.5. The summed E-state index contributed by atoms with van der Waals surface area (Å²) in [5, 5.41) is 7.57. The van der Waals surface area contributed by atoms with E-state index in [-0.39, 0.29) is 5.91 Å². The van der Waals surface area contributed by atoms with E-state index in [0.29, 0.717) is 28.6 Å². The fourth-order valence-corrected chi connectivity index (χ4v) is 4.32. The zero-order valence-electron chi connectivity index (χ0n) is 15.1. The van der Waals surface area contributed by atoms with Crippen LogP contribution in [-0.2, 0) is 22.3 Å². The minimum atomic E-state index is -0.974. The second kappa shape index (κ2) is 7.00. The lowest BCUT2D eigenvalue weighted by molar-refractivity contribution is 0.102. The Morgan fingerprint density at radius 1 is 1.11 bits per heavy atom. The van der Waals surface area contributed by atoms with E-state index in [1.807, 2.05) is 31.2 Å². The maximum atomic E-state index is 12.8. The van der Waals surface area contributed by atoms with Gasteiger partial charge in [0.15, 0.2) is 0 Å². The van der Waals surface area contributed by atoms with E-state index < -0.39 is 10.8 Å². The van der Waals surface area contributed by atoms with Gasteiger partial charge in [-0.1, -0.05) is 17.7 Å². The van der Waals surface area contributed by atoms with Gasteiger partial charge in [-0.05, 0) is 43.3 Å². The molecule has 1 amide bonds. The molecule has 0 saturated carbocycles. The molecule has 0 saturated heterocycles. The van der Waals surface area contributed by atoms with Crippen molar-refractivity contribution in [2.24, 2.45) is 0 Å². The summed E-state index contributed by atoms with van der Waals surface area (Å²) in [4.78, 5) is 12.8. The second-order valence-electron chi connectivity index (χ2n) is 6.43. The third-order valence-corrected chi connectivity index (χ3v) is 5.74. The molecule has 1 aliphatic rings. The average Bonchev–Trinajstić information content (AvgIpc) is 3.19. The van der Waals surface area contributed by atoms with E-state index in [9.17, 15) is 9.00 Å². The van der Waals surface area contributed by atoms with Gasteiger partial charge in [0, 0.05) is 21.9 Å². The quantitative estimate of drug-likeness (QED) is 0.753. The van der Waals surface area contributed by atoms with Crippen molar-refractivity contribution in [3.05, 3.63) is 70.9 Å². The smallest absolute Gasteiger partial charge is 0.256 e. The lowest BCUT2D eigenvalue weighted by Crippen LogP contribution is -2.16. The standard InChI is InChI=1S/C20H19N3O3S/c1-13-3-7-15(8-4-13)23-19(17-11-27(25)12-18(17)22-23)21-20(24)14-5-9-16(26-2)10-6-14/h3-10H,11-12H2,1-2H3,(H,21,24). The van der Waals surface area contributed by atoms with Crippen molar-refractivity contribution in [2.75, 3.05) is 12.4 Å². The lowest BCUT2D eigenvalue weighted by atomic mass is 10.2. The molecule has 27 heavy (non-hydrogen) atoms. The predicted octanol–water partition coefficient (Wildman–Crippen LogP) is 3.20. The minimum absolute atomic E-state index is 0.244. The van der Waals surface area contributed by atoms with Crippen molar-refractivity contribution < 1.29 is 13.7 Å². The molecule has 0 aliphatic carbocycles. The van der Waals surface area contributed by atoms with Gasteiger partial charge in [0.1, 0.15) is 11.6 Å². The van der Waals surface area contributed by atoms with Gasteiger partial charge >= 0.3 is 0 Å². The first-order chi connectivity index (χ1) is 13.0. The molecule has 1 N–H and O–H groups in total. The first-order valence-corrected chi connectivity index (χ1v) is 10.0. The summed E-state index contributed by atoms with van der Waals surface area (Å²) in [5.41, 5.74) is 4.13. The molecule has 0 bridgehead atoms. The van der Waals surface area contributed by atoms with Crippen LogP contribution in [0.1, 0.15) is 27.2 Å². The summed E-state index contributed by atoms with van der Waals surface area (Å²) in [7, 11) is 0.608. The number of ether oxygens (including phenoxy) is 1. The third kappa shape index (κ3) is 3.38. The molecular formula is C20H19N3O3S. The minimum Gasteiger partial charge on any atom is -0.497 e. The first-order valence-electron chi connectivity index (χ1n) is 8.53. The number of amides is 1. The second-order valence-corrected chi connectivity index (χ2v) is 7.89. The zero-order chi connectivity index (χ0) is 19.0. The van der Waals surface area contributed by atoms with Crippen molar-refractivity contribution >= 4 is 22.5 Å². The molecule has 138 valence electrons. The van der Waals surface area contributed by atoms with E-state index in [1.54, 1.807) is 36.1 Å². The fourth-order valence-electron chi connectivity index (χ4n) is 3.05. The van der Waals surface area contributed by atoms with Crippen LogP contribution in [0.5, 0.6) is 5.75 Å². The molecular weight excluding hydrogens is 362 g/mol. The average molecular weight is 381 g/mol. The summed E-state index contributed by atoms with van der Waals surface area (Å²) >= 11 is 0. The van der Waals surface area contributed by atoms with E-state index in [0.717, 1.165) is 22.5 Å². The number of aryl methyl sites for hydroxylation is 1. The molecule has 2 aromatic carbocycles. The molecule has 1 atom stereocenters. The number of nitrogens with one attached hydrogen (secondary N) is 1. The number of fused-ring (bicyclic) bond motifs is 1. The van der Waals surface area contributed by atoms with Gasteiger partial charge in [0.05, 0.1) is 30.0 Å². The van der Waals surface area contributed by atoms with Crippen LogP contribution in [0.4, 0.5) is 5.82 Å². The highest BCUT2D eigenvalue weighted by atomic mass is 32.2. The number of anilines is 1. The molecule has 2 heterocycles. The van der Waals surface area contributed by atoms with Gasteiger partial charge in [0.25, 0.3) is 5.91 Å². The molecule has 0 radical (unpaired) electrons. The number of hydrogen-bond acceptors (Lipinski definition) is 4. The Morgan fingerprint density at radius 2 is 1.81 bits per heavy atom. The van der Waals surface area contributed by atoms with Gasteiger partial charge < -0.3 is 10.1 Å². The molecule has 1 aliphatic heterocycles. The van der Waals surface area contributed by atoms with E-state index in [4.69, 9.17) is 4.74 Å². The van der Waals surface area contributed by atoms with Gasteiger partial charge in [-0.3, -0.25) is 9.00 Å². The number of rotatable bonds is 4. The van der Waals surface area contributed by atoms with Gasteiger partial charge in [0.2, 0.25) is 0 Å². The van der Waals surface area contributed by atoms with Crippen LogP contribution in [0.3, 0.4) is 0 Å². The molecule has 0 fully saturated rings. The van der Waals surface area contributed by atoms with Crippen molar-refractivity contribution in [1.29, 1.82) is 0 Å².